The minimum absolute atomic E-state index is 0.244. The lowest BCUT2D eigenvalue weighted by molar-refractivity contribution is -0.257. The Morgan fingerprint density at radius 2 is 1.08 bits per heavy atom. The Kier molecular flexibility index (Phi) is 9.55. The van der Waals surface area contributed by atoms with E-state index in [1.165, 1.54) is 0 Å². The summed E-state index contributed by atoms with van der Waals surface area (Å²) in [5.41, 5.74) is 3.32. The van der Waals surface area contributed by atoms with Crippen LogP contribution in [0.1, 0.15) is 23.1 Å². The van der Waals surface area contributed by atoms with Crippen LogP contribution in [0.2, 0.25) is 0 Å². The van der Waals surface area contributed by atoms with E-state index in [-0.39, 0.29) is 18.3 Å². The smallest absolute Gasteiger partial charge is 0.202 e. The van der Waals surface area contributed by atoms with Gasteiger partial charge in [-0.1, -0.05) is 109 Å². The highest BCUT2D eigenvalue weighted by atomic mass is 16.7. The molecule has 0 aliphatic carbocycles. The predicted octanol–water partition coefficient (Wildman–Crippen LogP) is 6.57. The summed E-state index contributed by atoms with van der Waals surface area (Å²) in [6.07, 6.45) is -0.890. The molecule has 1 heterocycles. The molecule has 5 heteroatoms. The quantitative estimate of drug-likeness (QED) is 0.216. The molecule has 0 N–H and O–H groups in total. The van der Waals surface area contributed by atoms with Gasteiger partial charge in [-0.25, -0.2) is 0 Å². The van der Waals surface area contributed by atoms with Crippen molar-refractivity contribution in [1.29, 1.82) is 0 Å². The maximum absolute atomic E-state index is 6.50. The third-order valence-corrected chi connectivity index (χ3v) is 6.48. The second kappa shape index (κ2) is 13.9. The average Bonchev–Trinajstić information content (AvgIpc) is 2.98. The summed E-state index contributed by atoms with van der Waals surface area (Å²) in [7, 11) is 0. The van der Waals surface area contributed by atoms with Crippen molar-refractivity contribution in [2.45, 2.75) is 50.8 Å². The molecule has 5 rings (SSSR count). The van der Waals surface area contributed by atoms with Crippen LogP contribution in [0.15, 0.2) is 121 Å². The van der Waals surface area contributed by atoms with Crippen LogP contribution in [-0.4, -0.2) is 31.2 Å². The highest BCUT2D eigenvalue weighted by molar-refractivity contribution is 5.21. The van der Waals surface area contributed by atoms with Crippen molar-refractivity contribution in [2.75, 3.05) is 6.61 Å². The summed E-state index contributed by atoms with van der Waals surface area (Å²) in [6.45, 7) is 1.78. The highest BCUT2D eigenvalue weighted by Gasteiger charge is 2.41. The zero-order valence-electron chi connectivity index (χ0n) is 21.4. The van der Waals surface area contributed by atoms with Crippen molar-refractivity contribution in [1.82, 2.24) is 0 Å². The van der Waals surface area contributed by atoms with Crippen molar-refractivity contribution >= 4 is 0 Å². The van der Waals surface area contributed by atoms with Crippen LogP contribution in [-0.2, 0) is 38.8 Å². The van der Waals surface area contributed by atoms with Gasteiger partial charge in [0.25, 0.3) is 0 Å². The molecule has 4 aromatic carbocycles. The van der Waals surface area contributed by atoms with E-state index < -0.39 is 6.29 Å². The predicted molar refractivity (Wildman–Crippen MR) is 146 cm³/mol. The molecule has 1 aliphatic rings. The van der Waals surface area contributed by atoms with E-state index in [0.29, 0.717) is 32.8 Å². The minimum Gasteiger partial charge on any atom is -0.465 e. The van der Waals surface area contributed by atoms with E-state index >= 15 is 0 Å². The van der Waals surface area contributed by atoms with E-state index in [0.717, 1.165) is 22.4 Å². The van der Waals surface area contributed by atoms with Crippen LogP contribution >= 0.6 is 0 Å². The van der Waals surface area contributed by atoms with Gasteiger partial charge >= 0.3 is 0 Å². The van der Waals surface area contributed by atoms with E-state index in [4.69, 9.17) is 23.7 Å². The number of para-hydroxylation sites is 1. The van der Waals surface area contributed by atoms with Crippen LogP contribution in [0.4, 0.5) is 0 Å². The van der Waals surface area contributed by atoms with Crippen molar-refractivity contribution in [3.63, 3.8) is 0 Å². The Morgan fingerprint density at radius 3 is 1.66 bits per heavy atom. The second-order valence-corrected chi connectivity index (χ2v) is 9.37. The molecule has 38 heavy (non-hydrogen) atoms. The summed E-state index contributed by atoms with van der Waals surface area (Å²) in [4.78, 5) is 0. The Hall–Kier alpha value is -3.48. The molecule has 0 saturated carbocycles. The standard InChI is InChI=1S/C33H34O5/c1-5-13-26(14-6-1)22-34-25-31-33(36-24-28-17-9-3-10-18-28)30(35-23-27-15-7-2-8-16-27)21-32(38-31)37-29-19-11-4-12-20-29/h1-20,30-33H,21-25H2/t30-,31?,32+,33-/m1/s1. The van der Waals surface area contributed by atoms with Gasteiger partial charge in [0.1, 0.15) is 18.0 Å². The molecule has 1 aliphatic heterocycles. The fourth-order valence-corrected chi connectivity index (χ4v) is 4.54. The van der Waals surface area contributed by atoms with Gasteiger partial charge < -0.3 is 23.7 Å². The number of benzene rings is 4. The van der Waals surface area contributed by atoms with E-state index in [1.54, 1.807) is 0 Å². The first-order valence-corrected chi connectivity index (χ1v) is 13.1. The van der Waals surface area contributed by atoms with Crippen LogP contribution in [0.3, 0.4) is 0 Å². The van der Waals surface area contributed by atoms with Gasteiger partial charge in [0.05, 0.1) is 32.5 Å². The van der Waals surface area contributed by atoms with E-state index in [9.17, 15) is 0 Å². The maximum Gasteiger partial charge on any atom is 0.202 e. The molecule has 0 spiro atoms. The Labute approximate surface area is 224 Å². The topological polar surface area (TPSA) is 46.2 Å². The molecule has 1 saturated heterocycles. The van der Waals surface area contributed by atoms with Gasteiger partial charge in [-0.05, 0) is 28.8 Å². The normalized spacial score (nSPS) is 21.2. The summed E-state index contributed by atoms with van der Waals surface area (Å²) >= 11 is 0. The lowest BCUT2D eigenvalue weighted by Gasteiger charge is -2.41. The van der Waals surface area contributed by atoms with Crippen LogP contribution < -0.4 is 4.74 Å². The first-order valence-electron chi connectivity index (χ1n) is 13.1. The van der Waals surface area contributed by atoms with Gasteiger partial charge in [0, 0.05) is 6.42 Å². The van der Waals surface area contributed by atoms with Crippen LogP contribution in [0, 0.1) is 0 Å². The lowest BCUT2D eigenvalue weighted by Crippen LogP contribution is -2.53. The number of ether oxygens (including phenoxy) is 5. The van der Waals surface area contributed by atoms with Gasteiger partial charge in [-0.3, -0.25) is 0 Å². The molecule has 1 fully saturated rings. The van der Waals surface area contributed by atoms with Crippen molar-refractivity contribution in [3.8, 4) is 5.75 Å². The third kappa shape index (κ3) is 7.76. The first-order chi connectivity index (χ1) is 18.8. The Bertz CT molecular complexity index is 1190. The molecular formula is C33H34O5. The maximum atomic E-state index is 6.50. The first kappa shape index (κ1) is 26.1. The zero-order chi connectivity index (χ0) is 25.8. The van der Waals surface area contributed by atoms with Crippen LogP contribution in [0.25, 0.3) is 0 Å². The molecule has 0 aromatic heterocycles. The second-order valence-electron chi connectivity index (χ2n) is 9.37. The van der Waals surface area contributed by atoms with Crippen molar-refractivity contribution < 1.29 is 23.7 Å². The van der Waals surface area contributed by atoms with Crippen molar-refractivity contribution in [3.05, 3.63) is 138 Å². The Balaban J connectivity index is 1.33. The van der Waals surface area contributed by atoms with E-state index in [1.807, 2.05) is 84.9 Å². The summed E-state index contributed by atoms with van der Waals surface area (Å²) in [6, 6.07) is 40.2. The van der Waals surface area contributed by atoms with E-state index in [2.05, 4.69) is 36.4 Å². The summed E-state index contributed by atoms with van der Waals surface area (Å²) < 4.78 is 31.8. The van der Waals surface area contributed by atoms with Gasteiger partial charge in [0.2, 0.25) is 6.29 Å². The molecular weight excluding hydrogens is 476 g/mol. The van der Waals surface area contributed by atoms with Crippen LogP contribution in [0.5, 0.6) is 5.75 Å². The largest absolute Gasteiger partial charge is 0.465 e. The average molecular weight is 511 g/mol. The zero-order valence-corrected chi connectivity index (χ0v) is 21.4. The van der Waals surface area contributed by atoms with Gasteiger partial charge in [-0.2, -0.15) is 0 Å². The van der Waals surface area contributed by atoms with Gasteiger partial charge in [0.15, 0.2) is 0 Å². The fourth-order valence-electron chi connectivity index (χ4n) is 4.54. The molecule has 0 amide bonds. The number of hydrogen-bond donors (Lipinski definition) is 0. The van der Waals surface area contributed by atoms with Crippen molar-refractivity contribution in [2.24, 2.45) is 0 Å². The van der Waals surface area contributed by atoms with Gasteiger partial charge in [-0.15, -0.1) is 0 Å². The fraction of sp³-hybridized carbons (Fsp3) is 0.273. The summed E-state index contributed by atoms with van der Waals surface area (Å²) in [5, 5.41) is 0. The number of hydrogen-bond acceptors (Lipinski definition) is 5. The SMILES string of the molecule is c1ccc(COCC2O[C@H](Oc3ccccc3)C[C@@H](OCc3ccccc3)[C@H]2OCc2ccccc2)cc1. The molecule has 1 unspecified atom stereocenters. The summed E-state index contributed by atoms with van der Waals surface area (Å²) in [5.74, 6) is 0.756. The molecule has 5 nitrogen and oxygen atoms in total. The monoisotopic (exact) mass is 510 g/mol. The third-order valence-electron chi connectivity index (χ3n) is 6.48. The molecule has 0 radical (unpaired) electrons. The molecule has 4 atom stereocenters. The molecule has 0 bridgehead atoms. The molecule has 196 valence electrons. The minimum atomic E-state index is -0.486. The Morgan fingerprint density at radius 1 is 0.579 bits per heavy atom. The number of rotatable bonds is 12. The lowest BCUT2D eigenvalue weighted by atomic mass is 10.0. The highest BCUT2D eigenvalue weighted by Crippen LogP contribution is 2.29. The molecule has 4 aromatic rings.